The molecule has 0 amide bonds. The summed E-state index contributed by atoms with van der Waals surface area (Å²) >= 11 is 3.38. The number of amidine groups is 1. The molecule has 0 unspecified atom stereocenters. The highest BCUT2D eigenvalue weighted by molar-refractivity contribution is 9.10. The molecular formula is C15H15BrN2O2. The molecule has 0 heterocycles. The zero-order valence-corrected chi connectivity index (χ0v) is 12.6. The van der Waals surface area contributed by atoms with Gasteiger partial charge in [0.25, 0.3) is 0 Å². The minimum Gasteiger partial charge on any atom is -0.457 e. The van der Waals surface area contributed by atoms with Crippen LogP contribution >= 0.6 is 15.9 Å². The van der Waals surface area contributed by atoms with Crippen LogP contribution in [0.2, 0.25) is 0 Å². The maximum Gasteiger partial charge on any atom is 0.139 e. The van der Waals surface area contributed by atoms with Gasteiger partial charge in [0.15, 0.2) is 0 Å². The van der Waals surface area contributed by atoms with E-state index >= 15 is 0 Å². The molecule has 0 aliphatic heterocycles. The van der Waals surface area contributed by atoms with Crippen molar-refractivity contribution < 1.29 is 9.47 Å². The predicted octanol–water partition coefficient (Wildman–Crippen LogP) is 3.67. The molecule has 2 rings (SSSR count). The zero-order valence-electron chi connectivity index (χ0n) is 11.0. The fraction of sp³-hybridized carbons (Fsp3) is 0.133. The second kappa shape index (κ2) is 6.54. The van der Waals surface area contributed by atoms with Gasteiger partial charge in [0.1, 0.15) is 17.3 Å². The number of nitrogens with one attached hydrogen (secondary N) is 1. The molecule has 0 radical (unpaired) electrons. The van der Waals surface area contributed by atoms with Crippen molar-refractivity contribution in [3.63, 3.8) is 0 Å². The Morgan fingerprint density at radius 1 is 1.25 bits per heavy atom. The van der Waals surface area contributed by atoms with Crippen LogP contribution in [-0.2, 0) is 11.3 Å². The Kier molecular flexibility index (Phi) is 4.76. The number of nitrogen functional groups attached to an aromatic ring is 1. The van der Waals surface area contributed by atoms with Crippen molar-refractivity contribution in [3.8, 4) is 11.5 Å². The molecule has 3 N–H and O–H groups in total. The summed E-state index contributed by atoms with van der Waals surface area (Å²) < 4.78 is 11.7. The molecular weight excluding hydrogens is 320 g/mol. The van der Waals surface area contributed by atoms with Gasteiger partial charge in [-0.15, -0.1) is 0 Å². The normalized spacial score (nSPS) is 10.3. The SMILES string of the molecule is COCc1cccc(Oc2cccc(Br)c2C(=N)N)c1. The fourth-order valence-corrected chi connectivity index (χ4v) is 2.40. The second-order valence-electron chi connectivity index (χ2n) is 4.21. The summed E-state index contributed by atoms with van der Waals surface area (Å²) in [7, 11) is 1.65. The van der Waals surface area contributed by atoms with Gasteiger partial charge < -0.3 is 15.2 Å². The van der Waals surface area contributed by atoms with E-state index in [-0.39, 0.29) is 5.84 Å². The molecule has 0 atom stereocenters. The lowest BCUT2D eigenvalue weighted by atomic mass is 10.2. The van der Waals surface area contributed by atoms with Crippen LogP contribution < -0.4 is 10.5 Å². The number of rotatable bonds is 5. The summed E-state index contributed by atoms with van der Waals surface area (Å²) in [5.74, 6) is 1.18. The van der Waals surface area contributed by atoms with Crippen molar-refractivity contribution in [1.82, 2.24) is 0 Å². The van der Waals surface area contributed by atoms with Crippen molar-refractivity contribution in [2.75, 3.05) is 7.11 Å². The number of halogens is 1. The Morgan fingerprint density at radius 2 is 2.00 bits per heavy atom. The van der Waals surface area contributed by atoms with Gasteiger partial charge in [0.05, 0.1) is 12.2 Å². The molecule has 4 nitrogen and oxygen atoms in total. The lowest BCUT2D eigenvalue weighted by Crippen LogP contribution is -2.13. The first-order valence-electron chi connectivity index (χ1n) is 6.00. The van der Waals surface area contributed by atoms with Gasteiger partial charge in [-0.05, 0) is 45.8 Å². The average Bonchev–Trinajstić information content (AvgIpc) is 2.39. The highest BCUT2D eigenvalue weighted by Crippen LogP contribution is 2.30. The number of hydrogen-bond donors (Lipinski definition) is 2. The van der Waals surface area contributed by atoms with Gasteiger partial charge in [-0.1, -0.05) is 18.2 Å². The molecule has 104 valence electrons. The van der Waals surface area contributed by atoms with Gasteiger partial charge in [0.2, 0.25) is 0 Å². The molecule has 0 saturated heterocycles. The molecule has 5 heteroatoms. The van der Waals surface area contributed by atoms with E-state index in [0.29, 0.717) is 23.7 Å². The molecule has 0 aromatic heterocycles. The molecule has 0 spiro atoms. The first-order valence-corrected chi connectivity index (χ1v) is 6.79. The lowest BCUT2D eigenvalue weighted by molar-refractivity contribution is 0.184. The van der Waals surface area contributed by atoms with E-state index in [9.17, 15) is 0 Å². The van der Waals surface area contributed by atoms with Crippen LogP contribution in [0.1, 0.15) is 11.1 Å². The van der Waals surface area contributed by atoms with Crippen molar-refractivity contribution in [2.45, 2.75) is 6.61 Å². The summed E-state index contributed by atoms with van der Waals surface area (Å²) in [4.78, 5) is 0. The minimum absolute atomic E-state index is 0.0412. The quantitative estimate of drug-likeness (QED) is 0.647. The van der Waals surface area contributed by atoms with Crippen LogP contribution in [-0.4, -0.2) is 12.9 Å². The van der Waals surface area contributed by atoms with Crippen LogP contribution in [0.4, 0.5) is 0 Å². The van der Waals surface area contributed by atoms with Crippen molar-refractivity contribution in [2.24, 2.45) is 5.73 Å². The highest BCUT2D eigenvalue weighted by Gasteiger charge is 2.11. The Morgan fingerprint density at radius 3 is 2.70 bits per heavy atom. The number of ether oxygens (including phenoxy) is 2. The first-order chi connectivity index (χ1) is 9.61. The van der Waals surface area contributed by atoms with Gasteiger partial charge in [0, 0.05) is 11.6 Å². The summed E-state index contributed by atoms with van der Waals surface area (Å²) in [5, 5.41) is 7.64. The first kappa shape index (κ1) is 14.6. The highest BCUT2D eigenvalue weighted by atomic mass is 79.9. The van der Waals surface area contributed by atoms with Crippen LogP contribution in [0.15, 0.2) is 46.9 Å². The van der Waals surface area contributed by atoms with E-state index in [1.807, 2.05) is 36.4 Å². The number of hydrogen-bond acceptors (Lipinski definition) is 3. The van der Waals surface area contributed by atoms with Gasteiger partial charge in [-0.2, -0.15) is 0 Å². The van der Waals surface area contributed by atoms with Gasteiger partial charge in [-0.25, -0.2) is 0 Å². The molecule has 20 heavy (non-hydrogen) atoms. The van der Waals surface area contributed by atoms with Crippen molar-refractivity contribution in [3.05, 3.63) is 58.1 Å². The molecule has 0 saturated carbocycles. The molecule has 2 aromatic rings. The van der Waals surface area contributed by atoms with Crippen LogP contribution in [0.3, 0.4) is 0 Å². The van der Waals surface area contributed by atoms with Crippen LogP contribution in [0, 0.1) is 5.41 Å². The molecule has 0 aliphatic rings. The van der Waals surface area contributed by atoms with Gasteiger partial charge in [-0.3, -0.25) is 5.41 Å². The van der Waals surface area contributed by atoms with E-state index in [1.54, 1.807) is 13.2 Å². The standard InChI is InChI=1S/C15H15BrN2O2/c1-19-9-10-4-2-5-11(8-10)20-13-7-3-6-12(16)14(13)15(17)18/h2-8H,9H2,1H3,(H3,17,18). The monoisotopic (exact) mass is 334 g/mol. The molecule has 0 aliphatic carbocycles. The maximum atomic E-state index is 7.64. The van der Waals surface area contributed by atoms with E-state index in [0.717, 1.165) is 10.0 Å². The summed E-state index contributed by atoms with van der Waals surface area (Å²) in [5.41, 5.74) is 7.16. The molecule has 0 fully saturated rings. The van der Waals surface area contributed by atoms with Gasteiger partial charge >= 0.3 is 0 Å². The van der Waals surface area contributed by atoms with E-state index in [2.05, 4.69) is 15.9 Å². The van der Waals surface area contributed by atoms with E-state index < -0.39 is 0 Å². The Balaban J connectivity index is 2.32. The second-order valence-corrected chi connectivity index (χ2v) is 5.06. The summed E-state index contributed by atoms with van der Waals surface area (Å²) in [6, 6.07) is 13.1. The van der Waals surface area contributed by atoms with E-state index in [1.165, 1.54) is 0 Å². The molecule has 0 bridgehead atoms. The molecule has 2 aromatic carbocycles. The maximum absolute atomic E-state index is 7.64. The number of methoxy groups -OCH3 is 1. The Hall–Kier alpha value is -1.85. The number of nitrogens with two attached hydrogens (primary N) is 1. The van der Waals surface area contributed by atoms with Crippen LogP contribution in [0.25, 0.3) is 0 Å². The van der Waals surface area contributed by atoms with Crippen molar-refractivity contribution in [1.29, 1.82) is 5.41 Å². The smallest absolute Gasteiger partial charge is 0.139 e. The van der Waals surface area contributed by atoms with Crippen LogP contribution in [0.5, 0.6) is 11.5 Å². The third-order valence-electron chi connectivity index (χ3n) is 2.68. The zero-order chi connectivity index (χ0) is 14.5. The lowest BCUT2D eigenvalue weighted by Gasteiger charge is -2.12. The third-order valence-corrected chi connectivity index (χ3v) is 3.34. The fourth-order valence-electron chi connectivity index (χ4n) is 1.84. The summed E-state index contributed by atoms with van der Waals surface area (Å²) in [6.45, 7) is 0.523. The minimum atomic E-state index is -0.0412. The number of benzene rings is 2. The Bertz CT molecular complexity index is 629. The van der Waals surface area contributed by atoms with E-state index in [4.69, 9.17) is 20.6 Å². The topological polar surface area (TPSA) is 68.3 Å². The van der Waals surface area contributed by atoms with Crippen molar-refractivity contribution >= 4 is 21.8 Å². The average molecular weight is 335 g/mol. The third kappa shape index (κ3) is 3.37. The summed E-state index contributed by atoms with van der Waals surface area (Å²) in [6.07, 6.45) is 0. The Labute approximate surface area is 126 Å². The predicted molar refractivity (Wildman–Crippen MR) is 82.4 cm³/mol. The largest absolute Gasteiger partial charge is 0.457 e.